The van der Waals surface area contributed by atoms with Crippen molar-refractivity contribution in [2.45, 2.75) is 49.2 Å². The lowest BCUT2D eigenvalue weighted by Gasteiger charge is -2.21. The lowest BCUT2D eigenvalue weighted by molar-refractivity contribution is -0.120. The smallest absolute Gasteiger partial charge is 0.237 e. The van der Waals surface area contributed by atoms with Gasteiger partial charge in [-0.05, 0) is 56.2 Å². The van der Waals surface area contributed by atoms with Crippen LogP contribution in [0.25, 0.3) is 0 Å². The summed E-state index contributed by atoms with van der Waals surface area (Å²) in [5, 5.41) is 5.19. The molecule has 7 heteroatoms. The van der Waals surface area contributed by atoms with E-state index in [0.717, 1.165) is 36.3 Å². The fourth-order valence-electron chi connectivity index (χ4n) is 3.34. The molecule has 1 fully saturated rings. The fraction of sp³-hybridized carbons (Fsp3) is 0.364. The molecule has 29 heavy (non-hydrogen) atoms. The fourth-order valence-corrected chi connectivity index (χ4v) is 4.60. The minimum Gasteiger partial charge on any atom is -0.326 e. The summed E-state index contributed by atoms with van der Waals surface area (Å²) >= 11 is 4.56. The predicted molar refractivity (Wildman–Crippen MR) is 120 cm³/mol. The first kappa shape index (κ1) is 21.8. The summed E-state index contributed by atoms with van der Waals surface area (Å²) in [4.78, 5) is 25.8. The zero-order valence-corrected chi connectivity index (χ0v) is 18.6. The molecule has 1 saturated carbocycles. The highest BCUT2D eigenvalue weighted by Crippen LogP contribution is 2.29. The number of amides is 2. The molecular formula is C22H24BrFN2O2S. The van der Waals surface area contributed by atoms with Crippen molar-refractivity contribution in [3.8, 4) is 0 Å². The van der Waals surface area contributed by atoms with Crippen molar-refractivity contribution in [2.24, 2.45) is 5.92 Å². The van der Waals surface area contributed by atoms with Gasteiger partial charge in [-0.25, -0.2) is 4.39 Å². The molecule has 2 aromatic rings. The standard InChI is InChI=1S/C22H24BrFN2O2S/c1-14(21(27)26-20-11-10-16(23)12-19(20)24)29-18-9-5-8-17(13-18)25-22(28)15-6-3-2-4-7-15/h5,8-15H,2-4,6-7H2,1H3,(H,25,28)(H,26,27). The zero-order chi connectivity index (χ0) is 20.8. The third-order valence-electron chi connectivity index (χ3n) is 4.95. The van der Waals surface area contributed by atoms with Crippen LogP contribution in [0.3, 0.4) is 0 Å². The topological polar surface area (TPSA) is 58.2 Å². The molecule has 2 N–H and O–H groups in total. The Balaban J connectivity index is 1.58. The number of thioether (sulfide) groups is 1. The Morgan fingerprint density at radius 3 is 2.59 bits per heavy atom. The van der Waals surface area contributed by atoms with E-state index in [-0.39, 0.29) is 23.4 Å². The highest BCUT2D eigenvalue weighted by atomic mass is 79.9. The average molecular weight is 479 g/mol. The Kier molecular flexibility index (Phi) is 7.72. The van der Waals surface area contributed by atoms with Gasteiger partial charge in [0.1, 0.15) is 5.82 Å². The van der Waals surface area contributed by atoms with E-state index >= 15 is 0 Å². The molecule has 0 heterocycles. The molecule has 1 aliphatic rings. The SMILES string of the molecule is CC(Sc1cccc(NC(=O)C2CCCCC2)c1)C(=O)Nc1ccc(Br)cc1F. The molecule has 1 aliphatic carbocycles. The molecule has 4 nitrogen and oxygen atoms in total. The summed E-state index contributed by atoms with van der Waals surface area (Å²) in [6.07, 6.45) is 5.33. The lowest BCUT2D eigenvalue weighted by atomic mass is 9.88. The Hall–Kier alpha value is -1.86. The number of anilines is 2. The molecule has 2 aromatic carbocycles. The predicted octanol–water partition coefficient (Wildman–Crippen LogP) is 6.23. The Labute approximate surface area is 183 Å². The highest BCUT2D eigenvalue weighted by molar-refractivity contribution is 9.10. The van der Waals surface area contributed by atoms with Crippen LogP contribution in [-0.4, -0.2) is 17.1 Å². The van der Waals surface area contributed by atoms with E-state index in [1.165, 1.54) is 30.3 Å². The summed E-state index contributed by atoms with van der Waals surface area (Å²) in [6, 6.07) is 12.0. The van der Waals surface area contributed by atoms with Crippen LogP contribution in [-0.2, 0) is 9.59 Å². The molecule has 1 atom stereocenters. The van der Waals surface area contributed by atoms with Crippen molar-refractivity contribution < 1.29 is 14.0 Å². The molecule has 0 saturated heterocycles. The van der Waals surface area contributed by atoms with Crippen LogP contribution >= 0.6 is 27.7 Å². The number of hydrogen-bond donors (Lipinski definition) is 2. The van der Waals surface area contributed by atoms with Crippen LogP contribution in [0.1, 0.15) is 39.0 Å². The number of carbonyl (C=O) groups excluding carboxylic acids is 2. The van der Waals surface area contributed by atoms with Crippen LogP contribution in [0.15, 0.2) is 51.8 Å². The number of halogens is 2. The molecule has 0 aliphatic heterocycles. The third kappa shape index (κ3) is 6.31. The van der Waals surface area contributed by atoms with Crippen LogP contribution < -0.4 is 10.6 Å². The molecular weight excluding hydrogens is 455 g/mol. The van der Waals surface area contributed by atoms with E-state index < -0.39 is 11.1 Å². The summed E-state index contributed by atoms with van der Waals surface area (Å²) in [6.45, 7) is 1.77. The molecule has 154 valence electrons. The second kappa shape index (κ2) is 10.3. The first-order chi connectivity index (χ1) is 13.9. The molecule has 0 radical (unpaired) electrons. The second-order valence-electron chi connectivity index (χ2n) is 7.23. The minimum absolute atomic E-state index is 0.0726. The minimum atomic E-state index is -0.489. The van der Waals surface area contributed by atoms with Crippen LogP contribution in [0.4, 0.5) is 15.8 Å². The quantitative estimate of drug-likeness (QED) is 0.484. The van der Waals surface area contributed by atoms with Gasteiger partial charge in [0.05, 0.1) is 10.9 Å². The monoisotopic (exact) mass is 478 g/mol. The van der Waals surface area contributed by atoms with E-state index in [4.69, 9.17) is 0 Å². The van der Waals surface area contributed by atoms with Gasteiger partial charge in [0.2, 0.25) is 11.8 Å². The Morgan fingerprint density at radius 1 is 1.10 bits per heavy atom. The van der Waals surface area contributed by atoms with Gasteiger partial charge in [0.15, 0.2) is 0 Å². The normalized spacial score (nSPS) is 15.6. The van der Waals surface area contributed by atoms with Crippen molar-refractivity contribution in [3.63, 3.8) is 0 Å². The average Bonchev–Trinajstić information content (AvgIpc) is 2.71. The first-order valence-electron chi connectivity index (χ1n) is 9.76. The molecule has 1 unspecified atom stereocenters. The molecule has 0 bridgehead atoms. The van der Waals surface area contributed by atoms with Crippen molar-refractivity contribution in [1.82, 2.24) is 0 Å². The van der Waals surface area contributed by atoms with E-state index in [2.05, 4.69) is 26.6 Å². The summed E-state index contributed by atoms with van der Waals surface area (Å²) in [5.41, 5.74) is 0.885. The van der Waals surface area contributed by atoms with Crippen LogP contribution in [0.5, 0.6) is 0 Å². The van der Waals surface area contributed by atoms with Crippen molar-refractivity contribution in [1.29, 1.82) is 0 Å². The summed E-state index contributed by atoms with van der Waals surface area (Å²) in [5.74, 6) is -0.612. The Morgan fingerprint density at radius 2 is 1.86 bits per heavy atom. The van der Waals surface area contributed by atoms with Gasteiger partial charge in [-0.15, -0.1) is 11.8 Å². The van der Waals surface area contributed by atoms with Crippen molar-refractivity contribution in [3.05, 3.63) is 52.8 Å². The first-order valence-corrected chi connectivity index (χ1v) is 11.4. The zero-order valence-electron chi connectivity index (χ0n) is 16.2. The Bertz CT molecular complexity index is 887. The van der Waals surface area contributed by atoms with Gasteiger partial charge in [0.25, 0.3) is 0 Å². The van der Waals surface area contributed by atoms with Crippen LogP contribution in [0, 0.1) is 11.7 Å². The van der Waals surface area contributed by atoms with E-state index in [1.54, 1.807) is 13.0 Å². The second-order valence-corrected chi connectivity index (χ2v) is 9.56. The largest absolute Gasteiger partial charge is 0.326 e. The number of rotatable bonds is 6. The lowest BCUT2D eigenvalue weighted by Crippen LogP contribution is -2.24. The number of carbonyl (C=O) groups is 2. The van der Waals surface area contributed by atoms with Crippen LogP contribution in [0.2, 0.25) is 0 Å². The van der Waals surface area contributed by atoms with Gasteiger partial charge >= 0.3 is 0 Å². The van der Waals surface area contributed by atoms with Crippen molar-refractivity contribution in [2.75, 3.05) is 10.6 Å². The summed E-state index contributed by atoms with van der Waals surface area (Å²) < 4.78 is 14.6. The van der Waals surface area contributed by atoms with Crippen molar-refractivity contribution >= 4 is 50.9 Å². The highest BCUT2D eigenvalue weighted by Gasteiger charge is 2.21. The maximum absolute atomic E-state index is 13.9. The number of nitrogens with one attached hydrogen (secondary N) is 2. The molecule has 3 rings (SSSR count). The van der Waals surface area contributed by atoms with E-state index in [9.17, 15) is 14.0 Å². The van der Waals surface area contributed by atoms with E-state index in [0.29, 0.717) is 4.47 Å². The summed E-state index contributed by atoms with van der Waals surface area (Å²) in [7, 11) is 0. The van der Waals surface area contributed by atoms with Gasteiger partial charge in [0, 0.05) is 21.0 Å². The maximum atomic E-state index is 13.9. The van der Waals surface area contributed by atoms with E-state index in [1.807, 2.05) is 24.3 Å². The van der Waals surface area contributed by atoms with Gasteiger partial charge < -0.3 is 10.6 Å². The third-order valence-corrected chi connectivity index (χ3v) is 6.54. The van der Waals surface area contributed by atoms with Gasteiger partial charge in [-0.1, -0.05) is 41.3 Å². The molecule has 0 spiro atoms. The maximum Gasteiger partial charge on any atom is 0.237 e. The molecule has 0 aromatic heterocycles. The van der Waals surface area contributed by atoms with Gasteiger partial charge in [-0.3, -0.25) is 9.59 Å². The van der Waals surface area contributed by atoms with Gasteiger partial charge in [-0.2, -0.15) is 0 Å². The number of benzene rings is 2. The number of hydrogen-bond acceptors (Lipinski definition) is 3. The molecule has 2 amide bonds.